The second-order valence-electron chi connectivity index (χ2n) is 2.99. The third-order valence-corrected chi connectivity index (χ3v) is 2.64. The van der Waals surface area contributed by atoms with Crippen LogP contribution in [0.15, 0.2) is 12.1 Å². The van der Waals surface area contributed by atoms with Crippen LogP contribution < -0.4 is 0 Å². The molecule has 2 N–H and O–H groups in total. The fraction of sp³-hybridized carbons (Fsp3) is 0.250. The van der Waals surface area contributed by atoms with Crippen molar-refractivity contribution in [2.24, 2.45) is 0 Å². The molecule has 0 saturated heterocycles. The lowest BCUT2D eigenvalue weighted by Gasteiger charge is -2.09. The first-order valence-corrected chi connectivity index (χ1v) is 5.33. The first-order chi connectivity index (χ1) is 6.73. The summed E-state index contributed by atoms with van der Waals surface area (Å²) in [7, 11) is -4.81. The highest BCUT2D eigenvalue weighted by atomic mass is 32.2. The van der Waals surface area contributed by atoms with E-state index in [9.17, 15) is 17.2 Å². The zero-order chi connectivity index (χ0) is 11.8. The second-order valence-corrected chi connectivity index (χ2v) is 4.47. The Morgan fingerprint density at radius 1 is 1.27 bits per heavy atom. The lowest BCUT2D eigenvalue weighted by atomic mass is 10.1. The Kier molecular flexibility index (Phi) is 3.08. The molecule has 0 spiro atoms. The molecule has 1 aromatic rings. The summed E-state index contributed by atoms with van der Waals surface area (Å²) in [5, 5.41) is 9.05. The van der Waals surface area contributed by atoms with E-state index in [0.29, 0.717) is 6.07 Å². The standard InChI is InChI=1S/C8H8F2O4S/c1-4-2-5(7(10)3-6(4)9)8(11)15(12,13)14/h2-3,8,11H,1H3,(H,12,13,14). The summed E-state index contributed by atoms with van der Waals surface area (Å²) in [5.74, 6) is -2.10. The molecular formula is C8H8F2O4S. The van der Waals surface area contributed by atoms with Crippen LogP contribution in [-0.2, 0) is 10.1 Å². The average Bonchev–Trinajstić information content (AvgIpc) is 2.08. The number of aliphatic hydroxyl groups is 1. The topological polar surface area (TPSA) is 74.6 Å². The molecule has 15 heavy (non-hydrogen) atoms. The smallest absolute Gasteiger partial charge is 0.296 e. The van der Waals surface area contributed by atoms with E-state index < -0.39 is 32.8 Å². The quantitative estimate of drug-likeness (QED) is 0.758. The number of halogens is 2. The molecule has 0 heterocycles. The number of aliphatic hydroxyl groups excluding tert-OH is 1. The largest absolute Gasteiger partial charge is 0.371 e. The highest BCUT2D eigenvalue weighted by Crippen LogP contribution is 2.23. The molecule has 0 aliphatic rings. The van der Waals surface area contributed by atoms with Crippen molar-refractivity contribution >= 4 is 10.1 Å². The van der Waals surface area contributed by atoms with Gasteiger partial charge in [-0.3, -0.25) is 4.55 Å². The molecule has 0 amide bonds. The fourth-order valence-corrected chi connectivity index (χ4v) is 1.53. The maximum Gasteiger partial charge on any atom is 0.296 e. The van der Waals surface area contributed by atoms with E-state index in [1.54, 1.807) is 0 Å². The van der Waals surface area contributed by atoms with E-state index in [-0.39, 0.29) is 5.56 Å². The summed E-state index contributed by atoms with van der Waals surface area (Å²) in [5.41, 5.74) is -3.12. The van der Waals surface area contributed by atoms with Gasteiger partial charge in [0.05, 0.1) is 0 Å². The Labute approximate surface area is 84.9 Å². The van der Waals surface area contributed by atoms with Gasteiger partial charge in [-0.2, -0.15) is 8.42 Å². The SMILES string of the molecule is Cc1cc(C(O)S(=O)(=O)O)c(F)cc1F. The van der Waals surface area contributed by atoms with Gasteiger partial charge < -0.3 is 5.11 Å². The van der Waals surface area contributed by atoms with Gasteiger partial charge in [-0.1, -0.05) is 0 Å². The lowest BCUT2D eigenvalue weighted by molar-refractivity contribution is 0.233. The van der Waals surface area contributed by atoms with Crippen molar-refractivity contribution < 1.29 is 26.9 Å². The van der Waals surface area contributed by atoms with Crippen molar-refractivity contribution in [1.82, 2.24) is 0 Å². The fourth-order valence-electron chi connectivity index (χ4n) is 1.03. The molecule has 0 aliphatic carbocycles. The number of aryl methyl sites for hydroxylation is 1. The van der Waals surface area contributed by atoms with Gasteiger partial charge in [-0.05, 0) is 18.6 Å². The molecule has 1 unspecified atom stereocenters. The molecule has 0 radical (unpaired) electrons. The normalized spacial score (nSPS) is 13.9. The minimum absolute atomic E-state index is 0.0332. The molecule has 7 heteroatoms. The maximum atomic E-state index is 13.0. The Hall–Kier alpha value is -1.05. The Balaban J connectivity index is 3.33. The summed E-state index contributed by atoms with van der Waals surface area (Å²) in [4.78, 5) is 0. The highest BCUT2D eigenvalue weighted by molar-refractivity contribution is 7.85. The van der Waals surface area contributed by atoms with E-state index in [0.717, 1.165) is 6.07 Å². The zero-order valence-corrected chi connectivity index (χ0v) is 8.42. The molecule has 84 valence electrons. The maximum absolute atomic E-state index is 13.0. The summed E-state index contributed by atoms with van der Waals surface area (Å²) < 4.78 is 55.4. The Bertz CT molecular complexity index is 484. The van der Waals surface area contributed by atoms with Gasteiger partial charge in [0, 0.05) is 11.6 Å². The van der Waals surface area contributed by atoms with Gasteiger partial charge in [0.25, 0.3) is 10.1 Å². The van der Waals surface area contributed by atoms with Crippen molar-refractivity contribution in [2.45, 2.75) is 12.4 Å². The zero-order valence-electron chi connectivity index (χ0n) is 7.61. The van der Waals surface area contributed by atoms with E-state index in [1.165, 1.54) is 6.92 Å². The summed E-state index contributed by atoms with van der Waals surface area (Å²) >= 11 is 0. The van der Waals surface area contributed by atoms with Gasteiger partial charge in [-0.25, -0.2) is 8.78 Å². The molecular weight excluding hydrogens is 230 g/mol. The second kappa shape index (κ2) is 3.84. The van der Waals surface area contributed by atoms with Crippen LogP contribution in [0.1, 0.15) is 16.6 Å². The minimum Gasteiger partial charge on any atom is -0.371 e. The minimum atomic E-state index is -4.81. The van der Waals surface area contributed by atoms with Crippen LogP contribution in [-0.4, -0.2) is 18.1 Å². The van der Waals surface area contributed by atoms with Crippen molar-refractivity contribution in [3.8, 4) is 0 Å². The third-order valence-electron chi connectivity index (χ3n) is 1.83. The van der Waals surface area contributed by atoms with Crippen molar-refractivity contribution in [1.29, 1.82) is 0 Å². The van der Waals surface area contributed by atoms with Crippen LogP contribution in [0.4, 0.5) is 8.78 Å². The van der Waals surface area contributed by atoms with E-state index in [4.69, 9.17) is 9.66 Å². The first kappa shape index (κ1) is 12.0. The summed E-state index contributed by atoms with van der Waals surface area (Å²) in [6.07, 6.45) is 0. The average molecular weight is 238 g/mol. The van der Waals surface area contributed by atoms with E-state index in [2.05, 4.69) is 0 Å². The molecule has 0 aromatic heterocycles. The summed E-state index contributed by atoms with van der Waals surface area (Å²) in [6, 6.07) is 1.27. The van der Waals surface area contributed by atoms with Crippen molar-refractivity contribution in [3.05, 3.63) is 34.9 Å². The molecule has 1 atom stereocenters. The molecule has 4 nitrogen and oxygen atoms in total. The van der Waals surface area contributed by atoms with Crippen LogP contribution in [0, 0.1) is 18.6 Å². The Morgan fingerprint density at radius 3 is 2.27 bits per heavy atom. The van der Waals surface area contributed by atoms with Gasteiger partial charge in [0.15, 0.2) is 0 Å². The number of hydrogen-bond donors (Lipinski definition) is 2. The number of benzene rings is 1. The third kappa shape index (κ3) is 2.49. The van der Waals surface area contributed by atoms with E-state index >= 15 is 0 Å². The van der Waals surface area contributed by atoms with Gasteiger partial charge >= 0.3 is 0 Å². The monoisotopic (exact) mass is 238 g/mol. The predicted molar refractivity (Wildman–Crippen MR) is 47.6 cm³/mol. The number of hydrogen-bond acceptors (Lipinski definition) is 3. The predicted octanol–water partition coefficient (Wildman–Crippen LogP) is 1.15. The van der Waals surface area contributed by atoms with Gasteiger partial charge in [0.1, 0.15) is 11.6 Å². The molecule has 0 saturated carbocycles. The molecule has 1 aromatic carbocycles. The van der Waals surface area contributed by atoms with Crippen LogP contribution in [0.2, 0.25) is 0 Å². The van der Waals surface area contributed by atoms with Crippen LogP contribution in [0.3, 0.4) is 0 Å². The lowest BCUT2D eigenvalue weighted by Crippen LogP contribution is -2.13. The Morgan fingerprint density at radius 2 is 1.80 bits per heavy atom. The molecule has 0 bridgehead atoms. The number of rotatable bonds is 2. The van der Waals surface area contributed by atoms with Gasteiger partial charge in [0.2, 0.25) is 5.44 Å². The van der Waals surface area contributed by atoms with Crippen LogP contribution in [0.5, 0.6) is 0 Å². The molecule has 1 rings (SSSR count). The van der Waals surface area contributed by atoms with Crippen molar-refractivity contribution in [3.63, 3.8) is 0 Å². The summed E-state index contributed by atoms with van der Waals surface area (Å²) in [6.45, 7) is 1.27. The van der Waals surface area contributed by atoms with E-state index in [1.807, 2.05) is 0 Å². The van der Waals surface area contributed by atoms with Crippen LogP contribution >= 0.6 is 0 Å². The van der Waals surface area contributed by atoms with Crippen molar-refractivity contribution in [2.75, 3.05) is 0 Å². The highest BCUT2D eigenvalue weighted by Gasteiger charge is 2.25. The molecule has 0 aliphatic heterocycles. The molecule has 0 fully saturated rings. The first-order valence-electron chi connectivity index (χ1n) is 3.83. The van der Waals surface area contributed by atoms with Gasteiger partial charge in [-0.15, -0.1) is 0 Å². The van der Waals surface area contributed by atoms with Crippen LogP contribution in [0.25, 0.3) is 0 Å².